The van der Waals surface area contributed by atoms with Crippen molar-refractivity contribution >= 4 is 23.7 Å². The highest BCUT2D eigenvalue weighted by atomic mass is 35.5. The minimum atomic E-state index is -1.27. The molecule has 0 spiro atoms. The van der Waals surface area contributed by atoms with Crippen LogP contribution in [0.3, 0.4) is 0 Å². The number of halogens is 1. The second-order valence-electron chi connectivity index (χ2n) is 7.15. The van der Waals surface area contributed by atoms with E-state index in [-0.39, 0.29) is 18.9 Å². The summed E-state index contributed by atoms with van der Waals surface area (Å²) >= 11 is 5.89. The van der Waals surface area contributed by atoms with E-state index < -0.39 is 18.1 Å². The number of amides is 1. The maximum Gasteiger partial charge on any atom is 0.407 e. The Balaban J connectivity index is 1.47. The van der Waals surface area contributed by atoms with Crippen molar-refractivity contribution in [1.29, 1.82) is 0 Å². The first-order valence-electron chi connectivity index (χ1n) is 9.59. The van der Waals surface area contributed by atoms with Crippen LogP contribution in [0, 0.1) is 0 Å². The van der Waals surface area contributed by atoms with Crippen molar-refractivity contribution in [3.63, 3.8) is 0 Å². The monoisotopic (exact) mass is 420 g/mol. The molecule has 1 aliphatic carbocycles. The standard InChI is InChI=1S/C24H20ClNO4/c25-16-11-9-15(10-12-16)22(13-23(27)28)26-24(29)30-14-21-19-7-3-1-5-17(19)18-6-2-4-8-20(18)21/h1-12,21-22H,13-14H2,(H,26,29)(H,27,28)/p-1/t22-/m1/s1. The zero-order chi connectivity index (χ0) is 21.1. The molecular weight excluding hydrogens is 402 g/mol. The minimum Gasteiger partial charge on any atom is -0.550 e. The van der Waals surface area contributed by atoms with Gasteiger partial charge in [0.2, 0.25) is 0 Å². The summed E-state index contributed by atoms with van der Waals surface area (Å²) in [5.74, 6) is -1.34. The average molecular weight is 421 g/mol. The second-order valence-corrected chi connectivity index (χ2v) is 7.59. The topological polar surface area (TPSA) is 78.5 Å². The first-order valence-corrected chi connectivity index (χ1v) is 9.97. The molecule has 1 N–H and O–H groups in total. The molecule has 0 aromatic heterocycles. The Morgan fingerprint density at radius 2 is 1.50 bits per heavy atom. The number of carboxylic acid groups (broad SMARTS) is 1. The molecule has 5 nitrogen and oxygen atoms in total. The van der Waals surface area contributed by atoms with Gasteiger partial charge in [0.1, 0.15) is 6.61 Å². The van der Waals surface area contributed by atoms with E-state index in [2.05, 4.69) is 17.4 Å². The summed E-state index contributed by atoms with van der Waals surface area (Å²) in [5, 5.41) is 14.3. The predicted molar refractivity (Wildman–Crippen MR) is 112 cm³/mol. The number of carbonyl (C=O) groups excluding carboxylic acids is 2. The van der Waals surface area contributed by atoms with Crippen LogP contribution in [0.15, 0.2) is 72.8 Å². The Hall–Kier alpha value is -3.31. The fourth-order valence-electron chi connectivity index (χ4n) is 3.90. The van der Waals surface area contributed by atoms with Crippen LogP contribution in [0.25, 0.3) is 11.1 Å². The maximum absolute atomic E-state index is 12.5. The molecule has 1 aliphatic rings. The normalized spacial score (nSPS) is 13.2. The number of rotatable bonds is 6. The van der Waals surface area contributed by atoms with E-state index in [0.717, 1.165) is 22.3 Å². The van der Waals surface area contributed by atoms with E-state index in [1.807, 2.05) is 36.4 Å². The molecule has 30 heavy (non-hydrogen) atoms. The number of fused-ring (bicyclic) bond motifs is 3. The molecule has 4 rings (SSSR count). The maximum atomic E-state index is 12.5. The van der Waals surface area contributed by atoms with Gasteiger partial charge >= 0.3 is 6.09 Å². The molecular formula is C24H19ClNO4-. The summed E-state index contributed by atoms with van der Waals surface area (Å²) in [4.78, 5) is 23.6. The molecule has 3 aromatic carbocycles. The number of nitrogens with one attached hydrogen (secondary N) is 1. The molecule has 0 saturated carbocycles. The quantitative estimate of drug-likeness (QED) is 0.652. The van der Waals surface area contributed by atoms with Crippen LogP contribution in [0.4, 0.5) is 4.79 Å². The van der Waals surface area contributed by atoms with Gasteiger partial charge in [0.15, 0.2) is 0 Å². The zero-order valence-electron chi connectivity index (χ0n) is 16.0. The van der Waals surface area contributed by atoms with Gasteiger partial charge in [-0.2, -0.15) is 0 Å². The number of carbonyl (C=O) groups is 2. The van der Waals surface area contributed by atoms with E-state index in [1.54, 1.807) is 24.3 Å². The van der Waals surface area contributed by atoms with Crippen molar-refractivity contribution < 1.29 is 19.4 Å². The summed E-state index contributed by atoms with van der Waals surface area (Å²) in [5.41, 5.74) is 5.10. The van der Waals surface area contributed by atoms with Gasteiger partial charge in [-0.3, -0.25) is 0 Å². The lowest BCUT2D eigenvalue weighted by Gasteiger charge is -2.21. The van der Waals surface area contributed by atoms with Crippen molar-refractivity contribution in [2.75, 3.05) is 6.61 Å². The molecule has 0 heterocycles. The smallest absolute Gasteiger partial charge is 0.407 e. The molecule has 0 fully saturated rings. The van der Waals surface area contributed by atoms with Gasteiger partial charge in [-0.25, -0.2) is 4.79 Å². The summed E-state index contributed by atoms with van der Waals surface area (Å²) < 4.78 is 5.51. The Morgan fingerprint density at radius 3 is 2.07 bits per heavy atom. The molecule has 0 radical (unpaired) electrons. The number of carboxylic acids is 1. The van der Waals surface area contributed by atoms with Crippen LogP contribution in [0.1, 0.15) is 35.1 Å². The van der Waals surface area contributed by atoms with E-state index in [4.69, 9.17) is 16.3 Å². The van der Waals surface area contributed by atoms with Crippen LogP contribution >= 0.6 is 11.6 Å². The highest BCUT2D eigenvalue weighted by molar-refractivity contribution is 6.30. The fourth-order valence-corrected chi connectivity index (χ4v) is 4.02. The van der Waals surface area contributed by atoms with Crippen LogP contribution in [-0.4, -0.2) is 18.7 Å². The largest absolute Gasteiger partial charge is 0.550 e. The van der Waals surface area contributed by atoms with Crippen molar-refractivity contribution in [3.8, 4) is 11.1 Å². The van der Waals surface area contributed by atoms with Gasteiger partial charge in [0.05, 0.1) is 6.04 Å². The number of hydrogen-bond donors (Lipinski definition) is 1. The van der Waals surface area contributed by atoms with Gasteiger partial charge in [-0.05, 0) is 39.9 Å². The van der Waals surface area contributed by atoms with E-state index in [0.29, 0.717) is 10.6 Å². The van der Waals surface area contributed by atoms with Crippen LogP contribution in [0.5, 0.6) is 0 Å². The van der Waals surface area contributed by atoms with Gasteiger partial charge in [-0.1, -0.05) is 72.3 Å². The van der Waals surface area contributed by atoms with Crippen LogP contribution in [-0.2, 0) is 9.53 Å². The Bertz CT molecular complexity index is 1040. The Labute approximate surface area is 179 Å². The lowest BCUT2D eigenvalue weighted by molar-refractivity contribution is -0.306. The number of alkyl carbamates (subject to hydrolysis) is 1. The molecule has 0 saturated heterocycles. The van der Waals surface area contributed by atoms with Gasteiger partial charge in [0.25, 0.3) is 0 Å². The summed E-state index contributed by atoms with van der Waals surface area (Å²) in [7, 11) is 0. The Morgan fingerprint density at radius 1 is 0.933 bits per heavy atom. The zero-order valence-corrected chi connectivity index (χ0v) is 16.8. The number of ether oxygens (including phenoxy) is 1. The van der Waals surface area contributed by atoms with Crippen molar-refractivity contribution in [2.45, 2.75) is 18.4 Å². The number of aliphatic carboxylic acids is 1. The average Bonchev–Trinajstić information content (AvgIpc) is 3.06. The SMILES string of the molecule is O=C([O-])C[C@@H](NC(=O)OCC1c2ccccc2-c2ccccc21)c1ccc(Cl)cc1. The molecule has 6 heteroatoms. The highest BCUT2D eigenvalue weighted by Gasteiger charge is 2.29. The van der Waals surface area contributed by atoms with Gasteiger partial charge in [-0.15, -0.1) is 0 Å². The van der Waals surface area contributed by atoms with Gasteiger partial charge in [0, 0.05) is 23.3 Å². The summed E-state index contributed by atoms with van der Waals surface area (Å²) in [6.07, 6.45) is -1.05. The van der Waals surface area contributed by atoms with E-state index in [9.17, 15) is 14.7 Å². The van der Waals surface area contributed by atoms with Crippen molar-refractivity contribution in [1.82, 2.24) is 5.32 Å². The molecule has 0 unspecified atom stereocenters. The Kier molecular flexibility index (Phi) is 5.72. The number of hydrogen-bond acceptors (Lipinski definition) is 4. The van der Waals surface area contributed by atoms with Crippen LogP contribution in [0.2, 0.25) is 5.02 Å². The van der Waals surface area contributed by atoms with E-state index in [1.165, 1.54) is 0 Å². The summed E-state index contributed by atoms with van der Waals surface area (Å²) in [6.45, 7) is 0.151. The molecule has 1 amide bonds. The molecule has 0 bridgehead atoms. The lowest BCUT2D eigenvalue weighted by atomic mass is 9.98. The third kappa shape index (κ3) is 4.16. The third-order valence-electron chi connectivity index (χ3n) is 5.28. The fraction of sp³-hybridized carbons (Fsp3) is 0.167. The first kappa shape index (κ1) is 20.0. The first-order chi connectivity index (χ1) is 14.5. The van der Waals surface area contributed by atoms with Crippen molar-refractivity contribution in [3.05, 3.63) is 94.5 Å². The van der Waals surface area contributed by atoms with Crippen molar-refractivity contribution in [2.24, 2.45) is 0 Å². The van der Waals surface area contributed by atoms with E-state index >= 15 is 0 Å². The molecule has 152 valence electrons. The number of benzene rings is 3. The minimum absolute atomic E-state index is 0.0710. The predicted octanol–water partition coefficient (Wildman–Crippen LogP) is 4.06. The van der Waals surface area contributed by atoms with Crippen LogP contribution < -0.4 is 10.4 Å². The molecule has 3 aromatic rings. The summed E-state index contributed by atoms with van der Waals surface area (Å²) in [6, 6.07) is 21.9. The highest BCUT2D eigenvalue weighted by Crippen LogP contribution is 2.44. The molecule has 1 atom stereocenters. The van der Waals surface area contributed by atoms with Gasteiger partial charge < -0.3 is 20.0 Å². The molecule has 0 aliphatic heterocycles. The third-order valence-corrected chi connectivity index (χ3v) is 5.53. The second kappa shape index (κ2) is 8.59. The lowest BCUT2D eigenvalue weighted by Crippen LogP contribution is -2.35.